The maximum Gasteiger partial charge on any atom is 0.240 e. The summed E-state index contributed by atoms with van der Waals surface area (Å²) in [6.45, 7) is 2.05. The average Bonchev–Trinajstić information content (AvgIpc) is 3.27. The number of carbonyl (C=O) groups is 1. The molecule has 8 heteroatoms. The van der Waals surface area contributed by atoms with E-state index in [0.717, 1.165) is 16.7 Å². The topological polar surface area (TPSA) is 81.1 Å². The zero-order valence-electron chi connectivity index (χ0n) is 18.2. The van der Waals surface area contributed by atoms with Crippen LogP contribution in [0.5, 0.6) is 5.75 Å². The molecule has 0 aliphatic carbocycles. The standard InChI is InChI=1S/C25H23N5O2S/c1-16-11-13-17(14-12-16)21-22(24(31)26-19-9-6-10-20(15-19)32-2)33-25-28-27-23(30(25)29-21)18-7-4-3-5-8-18/h3-15,21-22,29H,1-2H3,(H,26,31)/t21-,22-/m0/s1. The second-order valence-corrected chi connectivity index (χ2v) is 8.89. The van der Waals surface area contributed by atoms with Crippen LogP contribution in [-0.4, -0.2) is 33.1 Å². The molecule has 7 nitrogen and oxygen atoms in total. The molecule has 0 bridgehead atoms. The number of hydrogen-bond donors (Lipinski definition) is 2. The number of nitrogens with one attached hydrogen (secondary N) is 2. The molecule has 5 rings (SSSR count). The van der Waals surface area contributed by atoms with Gasteiger partial charge in [-0.05, 0) is 24.6 Å². The van der Waals surface area contributed by atoms with Crippen molar-refractivity contribution in [1.29, 1.82) is 0 Å². The fourth-order valence-corrected chi connectivity index (χ4v) is 4.85. The van der Waals surface area contributed by atoms with Crippen molar-refractivity contribution < 1.29 is 9.53 Å². The van der Waals surface area contributed by atoms with Crippen molar-refractivity contribution in [3.05, 3.63) is 90.0 Å². The molecule has 0 spiro atoms. The molecule has 0 unspecified atom stereocenters. The highest BCUT2D eigenvalue weighted by molar-refractivity contribution is 8.00. The SMILES string of the molecule is COc1cccc(NC(=O)[C@H]2Sc3nnc(-c4ccccc4)n3N[C@H]2c2ccc(C)cc2)c1. The van der Waals surface area contributed by atoms with E-state index in [2.05, 4.69) is 45.2 Å². The summed E-state index contributed by atoms with van der Waals surface area (Å²) in [5, 5.41) is 12.0. The van der Waals surface area contributed by atoms with Crippen LogP contribution in [0, 0.1) is 6.92 Å². The van der Waals surface area contributed by atoms with E-state index in [1.165, 1.54) is 11.8 Å². The molecule has 1 aromatic heterocycles. The van der Waals surface area contributed by atoms with E-state index in [0.29, 0.717) is 22.4 Å². The van der Waals surface area contributed by atoms with Crippen LogP contribution < -0.4 is 15.5 Å². The van der Waals surface area contributed by atoms with Gasteiger partial charge in [0.25, 0.3) is 0 Å². The van der Waals surface area contributed by atoms with Gasteiger partial charge in [0.15, 0.2) is 5.82 Å². The normalized spacial score (nSPS) is 17.0. The molecule has 3 aromatic carbocycles. The lowest BCUT2D eigenvalue weighted by Crippen LogP contribution is -2.41. The third-order valence-electron chi connectivity index (χ3n) is 5.50. The number of rotatable bonds is 5. The Balaban J connectivity index is 1.50. The maximum absolute atomic E-state index is 13.4. The molecular formula is C25H23N5O2S. The van der Waals surface area contributed by atoms with Crippen LogP contribution in [0.4, 0.5) is 5.69 Å². The number of methoxy groups -OCH3 is 1. The number of thioether (sulfide) groups is 1. The van der Waals surface area contributed by atoms with Crippen LogP contribution in [0.3, 0.4) is 0 Å². The number of aryl methyl sites for hydroxylation is 1. The summed E-state index contributed by atoms with van der Waals surface area (Å²) in [5.74, 6) is 1.27. The fraction of sp³-hybridized carbons (Fsp3) is 0.160. The number of hydrogen-bond acceptors (Lipinski definition) is 6. The minimum Gasteiger partial charge on any atom is -0.497 e. The van der Waals surface area contributed by atoms with Gasteiger partial charge in [-0.2, -0.15) is 0 Å². The van der Waals surface area contributed by atoms with Crippen LogP contribution >= 0.6 is 11.8 Å². The largest absolute Gasteiger partial charge is 0.497 e. The first-order valence-corrected chi connectivity index (χ1v) is 11.5. The van der Waals surface area contributed by atoms with Crippen LogP contribution in [0.15, 0.2) is 84.0 Å². The average molecular weight is 458 g/mol. The number of anilines is 1. The zero-order chi connectivity index (χ0) is 22.8. The van der Waals surface area contributed by atoms with Crippen LogP contribution in [0.2, 0.25) is 0 Å². The Hall–Kier alpha value is -3.78. The Morgan fingerprint density at radius 3 is 2.58 bits per heavy atom. The number of aromatic nitrogens is 3. The molecule has 33 heavy (non-hydrogen) atoms. The van der Waals surface area contributed by atoms with Gasteiger partial charge in [-0.25, -0.2) is 4.68 Å². The number of ether oxygens (including phenoxy) is 1. The quantitative estimate of drug-likeness (QED) is 0.454. The van der Waals surface area contributed by atoms with Gasteiger partial charge in [0.2, 0.25) is 11.1 Å². The minimum absolute atomic E-state index is 0.123. The Morgan fingerprint density at radius 2 is 1.82 bits per heavy atom. The van der Waals surface area contributed by atoms with Crippen LogP contribution in [-0.2, 0) is 4.79 Å². The summed E-state index contributed by atoms with van der Waals surface area (Å²) in [7, 11) is 1.60. The lowest BCUT2D eigenvalue weighted by molar-refractivity contribution is -0.116. The van der Waals surface area contributed by atoms with E-state index in [9.17, 15) is 4.79 Å². The van der Waals surface area contributed by atoms with Crippen molar-refractivity contribution in [2.75, 3.05) is 17.9 Å². The van der Waals surface area contributed by atoms with E-state index in [-0.39, 0.29) is 11.9 Å². The van der Waals surface area contributed by atoms with E-state index in [1.54, 1.807) is 13.2 Å². The summed E-state index contributed by atoms with van der Waals surface area (Å²) in [6, 6.07) is 25.1. The number of benzene rings is 3. The molecule has 1 amide bonds. The number of amides is 1. The molecule has 0 saturated heterocycles. The Kier molecular flexibility index (Phi) is 5.75. The van der Waals surface area contributed by atoms with Crippen molar-refractivity contribution in [3.8, 4) is 17.1 Å². The molecule has 0 saturated carbocycles. The highest BCUT2D eigenvalue weighted by Crippen LogP contribution is 2.39. The number of carbonyl (C=O) groups excluding carboxylic acids is 1. The van der Waals surface area contributed by atoms with Gasteiger partial charge in [-0.3, -0.25) is 4.79 Å². The molecule has 2 atom stereocenters. The van der Waals surface area contributed by atoms with Crippen molar-refractivity contribution >= 4 is 23.4 Å². The summed E-state index contributed by atoms with van der Waals surface area (Å²) in [5.41, 5.74) is 7.31. The first-order chi connectivity index (χ1) is 16.1. The lowest BCUT2D eigenvalue weighted by Gasteiger charge is -2.33. The summed E-state index contributed by atoms with van der Waals surface area (Å²) in [4.78, 5) is 13.4. The van der Waals surface area contributed by atoms with Gasteiger partial charge in [0.05, 0.1) is 13.2 Å². The smallest absolute Gasteiger partial charge is 0.240 e. The van der Waals surface area contributed by atoms with Crippen LogP contribution in [0.1, 0.15) is 17.2 Å². The van der Waals surface area contributed by atoms with Crippen molar-refractivity contribution in [2.45, 2.75) is 23.4 Å². The van der Waals surface area contributed by atoms with E-state index >= 15 is 0 Å². The van der Waals surface area contributed by atoms with Crippen LogP contribution in [0.25, 0.3) is 11.4 Å². The van der Waals surface area contributed by atoms with Gasteiger partial charge >= 0.3 is 0 Å². The fourth-order valence-electron chi connectivity index (χ4n) is 3.77. The van der Waals surface area contributed by atoms with Crippen molar-refractivity contribution in [1.82, 2.24) is 14.9 Å². The van der Waals surface area contributed by atoms with Gasteiger partial charge in [0, 0.05) is 17.3 Å². The third kappa shape index (κ3) is 4.29. The molecule has 1 aliphatic rings. The van der Waals surface area contributed by atoms with E-state index < -0.39 is 5.25 Å². The second-order valence-electron chi connectivity index (χ2n) is 7.78. The highest BCUT2D eigenvalue weighted by atomic mass is 32.2. The maximum atomic E-state index is 13.4. The third-order valence-corrected chi connectivity index (χ3v) is 6.72. The van der Waals surface area contributed by atoms with Gasteiger partial charge in [0.1, 0.15) is 11.0 Å². The number of nitrogens with zero attached hydrogens (tertiary/aromatic N) is 3. The highest BCUT2D eigenvalue weighted by Gasteiger charge is 2.38. The minimum atomic E-state index is -0.459. The predicted molar refractivity (Wildman–Crippen MR) is 130 cm³/mol. The first kappa shape index (κ1) is 21.1. The predicted octanol–water partition coefficient (Wildman–Crippen LogP) is 4.66. The summed E-state index contributed by atoms with van der Waals surface area (Å²) in [6.07, 6.45) is 0. The molecule has 4 aromatic rings. The van der Waals surface area contributed by atoms with Gasteiger partial charge < -0.3 is 15.5 Å². The molecule has 1 aliphatic heterocycles. The lowest BCUT2D eigenvalue weighted by atomic mass is 10.0. The first-order valence-electron chi connectivity index (χ1n) is 10.6. The van der Waals surface area contributed by atoms with Gasteiger partial charge in [-0.1, -0.05) is 78.0 Å². The molecule has 0 radical (unpaired) electrons. The Morgan fingerprint density at radius 1 is 1.03 bits per heavy atom. The molecule has 2 N–H and O–H groups in total. The summed E-state index contributed by atoms with van der Waals surface area (Å²) >= 11 is 1.40. The Bertz CT molecular complexity index is 1270. The molecular weight excluding hydrogens is 434 g/mol. The Labute approximate surface area is 196 Å². The summed E-state index contributed by atoms with van der Waals surface area (Å²) < 4.78 is 7.16. The molecule has 166 valence electrons. The molecule has 2 heterocycles. The number of fused-ring (bicyclic) bond motifs is 1. The monoisotopic (exact) mass is 457 g/mol. The van der Waals surface area contributed by atoms with Gasteiger partial charge in [-0.15, -0.1) is 10.2 Å². The van der Waals surface area contributed by atoms with Crippen molar-refractivity contribution in [2.24, 2.45) is 0 Å². The van der Waals surface area contributed by atoms with Crippen molar-refractivity contribution in [3.63, 3.8) is 0 Å². The molecule has 0 fully saturated rings. The van der Waals surface area contributed by atoms with E-state index in [4.69, 9.17) is 4.74 Å². The van der Waals surface area contributed by atoms with E-state index in [1.807, 2.05) is 60.1 Å². The zero-order valence-corrected chi connectivity index (χ0v) is 19.0. The second kappa shape index (κ2) is 8.99.